The van der Waals surface area contributed by atoms with Crippen LogP contribution < -0.4 is 9.47 Å². The Kier molecular flexibility index (Phi) is 16.3. The molecule has 0 amide bonds. The summed E-state index contributed by atoms with van der Waals surface area (Å²) in [4.78, 5) is 97.9. The summed E-state index contributed by atoms with van der Waals surface area (Å²) in [5.41, 5.74) is -0.392. The van der Waals surface area contributed by atoms with E-state index in [1.165, 1.54) is 27.7 Å². The molecule has 366 valence electrons. The third-order valence-corrected chi connectivity index (χ3v) is 11.3. The van der Waals surface area contributed by atoms with Crippen molar-refractivity contribution in [1.29, 1.82) is 0 Å². The largest absolute Gasteiger partial charge is 0.463 e. The fourth-order valence-corrected chi connectivity index (χ4v) is 8.46. The molecule has 3 aliphatic rings. The van der Waals surface area contributed by atoms with Gasteiger partial charge in [-0.05, 0) is 80.3 Å². The monoisotopic (exact) mass is 942 g/mol. The Morgan fingerprint density at radius 3 is 1.13 bits per heavy atom. The van der Waals surface area contributed by atoms with E-state index in [4.69, 9.17) is 56.8 Å². The first-order valence-electron chi connectivity index (χ1n) is 21.5. The fourth-order valence-electron chi connectivity index (χ4n) is 8.46. The molecule has 0 N–H and O–H groups in total. The molecule has 12 atom stereocenters. The van der Waals surface area contributed by atoms with E-state index in [0.717, 1.165) is 59.1 Å². The molecule has 0 radical (unpaired) electrons. The van der Waals surface area contributed by atoms with Crippen molar-refractivity contribution in [1.82, 2.24) is 0 Å². The van der Waals surface area contributed by atoms with Crippen LogP contribution in [0.2, 0.25) is 0 Å². The minimum atomic E-state index is -1.87. The average molecular weight is 943 g/mol. The third-order valence-electron chi connectivity index (χ3n) is 11.3. The smallest absolute Gasteiger partial charge is 0.303 e. The number of carbonyl (C=O) groups excluding carboxylic acids is 8. The first-order valence-corrected chi connectivity index (χ1v) is 21.5. The lowest BCUT2D eigenvalue weighted by molar-refractivity contribution is -0.321. The molecule has 2 aromatic carbocycles. The van der Waals surface area contributed by atoms with Crippen LogP contribution in [0.3, 0.4) is 0 Å². The molecule has 1 saturated carbocycles. The number of carbonyl (C=O) groups is 8. The molecule has 67 heavy (non-hydrogen) atoms. The molecule has 0 aromatic heterocycles. The number of hydrogen-bond acceptors (Lipinski definition) is 20. The van der Waals surface area contributed by atoms with Crippen LogP contribution in [0.4, 0.5) is 0 Å². The summed E-state index contributed by atoms with van der Waals surface area (Å²) in [5.74, 6) is -5.06. The maximum atomic E-state index is 12.5. The predicted molar refractivity (Wildman–Crippen MR) is 227 cm³/mol. The SMILES string of the molecule is CC(=O)OC[C@H]1O[C@H](Oc2ccc(C3CC3c3ccc(O[C@H]4O[C@H](COC(C)=O)[C@@H](OC(C)=O)[C@H](OC(C)=O)[C@]4(C)OC(C)=O)c(C)c3)cc2C)[C@](C)(OC(C)=O)[C@@H](OC(C)=O)[C@@H]1OC(C)=O. The molecule has 2 heterocycles. The first-order chi connectivity index (χ1) is 31.3. The summed E-state index contributed by atoms with van der Waals surface area (Å²) in [6.45, 7) is 14.8. The molecule has 2 unspecified atom stereocenters. The summed E-state index contributed by atoms with van der Waals surface area (Å²) in [6.07, 6.45) is -10.1. The maximum Gasteiger partial charge on any atom is 0.303 e. The summed E-state index contributed by atoms with van der Waals surface area (Å²) >= 11 is 0. The molecule has 2 aromatic rings. The van der Waals surface area contributed by atoms with Gasteiger partial charge in [-0.3, -0.25) is 38.4 Å². The van der Waals surface area contributed by atoms with Crippen molar-refractivity contribution in [3.05, 3.63) is 58.7 Å². The van der Waals surface area contributed by atoms with Gasteiger partial charge in [-0.25, -0.2) is 0 Å². The van der Waals surface area contributed by atoms with Crippen LogP contribution in [0.5, 0.6) is 11.5 Å². The van der Waals surface area contributed by atoms with Gasteiger partial charge in [0.2, 0.25) is 23.8 Å². The Morgan fingerprint density at radius 1 is 0.507 bits per heavy atom. The molecule has 0 bridgehead atoms. The lowest BCUT2D eigenvalue weighted by Gasteiger charge is -2.49. The van der Waals surface area contributed by atoms with Crippen LogP contribution in [-0.2, 0) is 85.7 Å². The zero-order valence-electron chi connectivity index (χ0n) is 39.5. The highest BCUT2D eigenvalue weighted by molar-refractivity contribution is 5.70. The van der Waals surface area contributed by atoms with Gasteiger partial charge in [0, 0.05) is 55.4 Å². The topological polar surface area (TPSA) is 247 Å². The molecule has 1 aliphatic carbocycles. The van der Waals surface area contributed by atoms with Crippen molar-refractivity contribution in [3.8, 4) is 11.5 Å². The Morgan fingerprint density at radius 2 is 0.851 bits per heavy atom. The van der Waals surface area contributed by atoms with Crippen LogP contribution in [0.1, 0.15) is 110 Å². The van der Waals surface area contributed by atoms with Crippen LogP contribution in [0.15, 0.2) is 36.4 Å². The van der Waals surface area contributed by atoms with Gasteiger partial charge in [0.15, 0.2) is 24.4 Å². The number of benzene rings is 2. The van der Waals surface area contributed by atoms with E-state index in [1.807, 2.05) is 38.1 Å². The normalized spacial score (nSPS) is 29.7. The average Bonchev–Trinajstić information content (AvgIpc) is 4.00. The summed E-state index contributed by atoms with van der Waals surface area (Å²) < 4.78 is 69.3. The first kappa shape index (κ1) is 51.7. The van der Waals surface area contributed by atoms with Gasteiger partial charge < -0.3 is 56.8 Å². The Bertz CT molecular complexity index is 2080. The molecule has 5 rings (SSSR count). The number of esters is 8. The van der Waals surface area contributed by atoms with Gasteiger partial charge in [0.1, 0.15) is 36.9 Å². The quantitative estimate of drug-likeness (QED) is 0.168. The second-order valence-corrected chi connectivity index (χ2v) is 17.1. The second-order valence-electron chi connectivity index (χ2n) is 17.1. The maximum absolute atomic E-state index is 12.5. The summed E-state index contributed by atoms with van der Waals surface area (Å²) in [7, 11) is 0. The van der Waals surface area contributed by atoms with Crippen molar-refractivity contribution in [3.63, 3.8) is 0 Å². The molecule has 2 saturated heterocycles. The number of aryl methyl sites for hydroxylation is 2. The van der Waals surface area contributed by atoms with Crippen molar-refractivity contribution in [2.45, 2.75) is 162 Å². The lowest BCUT2D eigenvalue weighted by atomic mass is 9.87. The number of rotatable bonds is 16. The van der Waals surface area contributed by atoms with Gasteiger partial charge in [-0.1, -0.05) is 24.3 Å². The van der Waals surface area contributed by atoms with Crippen molar-refractivity contribution in [2.24, 2.45) is 0 Å². The summed E-state index contributed by atoms with van der Waals surface area (Å²) in [6, 6.07) is 11.1. The van der Waals surface area contributed by atoms with E-state index < -0.39 is 121 Å². The molecular formula is C47H58O20. The Hall–Kier alpha value is -6.28. The van der Waals surface area contributed by atoms with Gasteiger partial charge >= 0.3 is 47.8 Å². The van der Waals surface area contributed by atoms with Crippen LogP contribution in [-0.4, -0.2) is 121 Å². The van der Waals surface area contributed by atoms with Crippen molar-refractivity contribution >= 4 is 47.8 Å². The second kappa shape index (κ2) is 21.1. The Labute approximate surface area is 387 Å². The van der Waals surface area contributed by atoms with E-state index in [1.54, 1.807) is 12.1 Å². The van der Waals surface area contributed by atoms with Crippen LogP contribution in [0.25, 0.3) is 0 Å². The third kappa shape index (κ3) is 12.6. The molecule has 2 aliphatic heterocycles. The minimum Gasteiger partial charge on any atom is -0.463 e. The highest BCUT2D eigenvalue weighted by atomic mass is 16.8. The summed E-state index contributed by atoms with van der Waals surface area (Å²) in [5, 5.41) is 0. The van der Waals surface area contributed by atoms with Gasteiger partial charge in [0.25, 0.3) is 0 Å². The number of hydrogen-bond donors (Lipinski definition) is 0. The van der Waals surface area contributed by atoms with E-state index in [-0.39, 0.29) is 11.8 Å². The highest BCUT2D eigenvalue weighted by Crippen LogP contribution is 2.55. The van der Waals surface area contributed by atoms with E-state index in [0.29, 0.717) is 22.6 Å². The molecule has 20 heteroatoms. The zero-order chi connectivity index (χ0) is 49.7. The molecule has 3 fully saturated rings. The minimum absolute atomic E-state index is 0.0979. The van der Waals surface area contributed by atoms with Gasteiger partial charge in [-0.2, -0.15) is 0 Å². The molecule has 20 nitrogen and oxygen atoms in total. The molecular weight excluding hydrogens is 884 g/mol. The fraction of sp³-hybridized carbons (Fsp3) is 0.574. The highest BCUT2D eigenvalue weighted by Gasteiger charge is 2.63. The zero-order valence-corrected chi connectivity index (χ0v) is 39.5. The van der Waals surface area contributed by atoms with Crippen molar-refractivity contribution in [2.75, 3.05) is 13.2 Å². The lowest BCUT2D eigenvalue weighted by Crippen LogP contribution is -2.70. The predicted octanol–water partition coefficient (Wildman–Crippen LogP) is 4.28. The standard InChI is InChI=1S/C47H58O20/c1-22-17-32(13-15-36(22)62-44-46(11,66-30(9)54)42(60-28(7)52)40(58-26(5)50)38(64-44)20-56-24(3)48)34-19-35(34)33-14-16-37(23(2)18-33)63-45-47(12,67-31(10)55)43(61-29(8)53)41(59-27(6)51)39(65-45)21-57-25(4)49/h13-18,34-35,38-45H,19-21H2,1-12H3/t34?,35?,38-,39-,40-,41-,42+,43+,44+,45+,46-,47+/m1/s1. The Balaban J connectivity index is 1.38. The van der Waals surface area contributed by atoms with Crippen LogP contribution in [0, 0.1) is 13.8 Å². The number of ether oxygens (including phenoxy) is 12. The van der Waals surface area contributed by atoms with Gasteiger partial charge in [0.05, 0.1) is 0 Å². The van der Waals surface area contributed by atoms with E-state index in [9.17, 15) is 38.4 Å². The van der Waals surface area contributed by atoms with Crippen molar-refractivity contribution < 1.29 is 95.2 Å². The van der Waals surface area contributed by atoms with E-state index >= 15 is 0 Å². The van der Waals surface area contributed by atoms with E-state index in [2.05, 4.69) is 0 Å². The van der Waals surface area contributed by atoms with Gasteiger partial charge in [-0.15, -0.1) is 0 Å². The molecule has 0 spiro atoms. The van der Waals surface area contributed by atoms with Crippen LogP contribution >= 0.6 is 0 Å².